The molecule has 2 aromatic heterocycles. The summed E-state index contributed by atoms with van der Waals surface area (Å²) >= 11 is 0.752. The zero-order valence-electron chi connectivity index (χ0n) is 16.6. The summed E-state index contributed by atoms with van der Waals surface area (Å²) in [4.78, 5) is 48.8. The molecule has 1 saturated heterocycles. The number of rotatable bonds is 6. The highest BCUT2D eigenvalue weighted by Crippen LogP contribution is 2.34. The molecular formula is C22H15NO8S. The summed E-state index contributed by atoms with van der Waals surface area (Å²) in [7, 11) is 1.22. The molecule has 0 radical (unpaired) electrons. The van der Waals surface area contributed by atoms with E-state index < -0.39 is 23.1 Å². The quantitative estimate of drug-likeness (QED) is 0.430. The SMILES string of the molecule is COC(=O)c1ccc(CN2C(=O)S/C(=C\c3ccc(-c4cccc(C(=O)O)c4)o3)C2=O)o1. The number of carboxylic acid groups (broad SMARTS) is 1. The molecule has 1 aromatic carbocycles. The van der Waals surface area contributed by atoms with E-state index in [2.05, 4.69) is 4.74 Å². The van der Waals surface area contributed by atoms with Gasteiger partial charge in [0.2, 0.25) is 5.76 Å². The zero-order chi connectivity index (χ0) is 22.8. The van der Waals surface area contributed by atoms with Crippen LogP contribution in [0.2, 0.25) is 0 Å². The molecule has 0 atom stereocenters. The lowest BCUT2D eigenvalue weighted by atomic mass is 10.1. The van der Waals surface area contributed by atoms with Gasteiger partial charge in [0, 0.05) is 11.6 Å². The number of carbonyl (C=O) groups excluding carboxylic acids is 3. The number of methoxy groups -OCH3 is 1. The molecule has 32 heavy (non-hydrogen) atoms. The van der Waals surface area contributed by atoms with Crippen molar-refractivity contribution in [2.45, 2.75) is 6.54 Å². The van der Waals surface area contributed by atoms with Crippen LogP contribution < -0.4 is 0 Å². The number of imide groups is 1. The topological polar surface area (TPSA) is 127 Å². The van der Waals surface area contributed by atoms with E-state index >= 15 is 0 Å². The monoisotopic (exact) mass is 453 g/mol. The van der Waals surface area contributed by atoms with Crippen molar-refractivity contribution in [2.24, 2.45) is 0 Å². The van der Waals surface area contributed by atoms with Crippen molar-refractivity contribution in [3.05, 3.63) is 76.3 Å². The lowest BCUT2D eigenvalue weighted by molar-refractivity contribution is -0.123. The third kappa shape index (κ3) is 4.21. The molecule has 9 nitrogen and oxygen atoms in total. The van der Waals surface area contributed by atoms with Gasteiger partial charge in [0.15, 0.2) is 0 Å². The maximum atomic E-state index is 12.7. The summed E-state index contributed by atoms with van der Waals surface area (Å²) in [6.45, 7) is -0.135. The Labute approximate surface area is 185 Å². The van der Waals surface area contributed by atoms with Gasteiger partial charge in [-0.2, -0.15) is 0 Å². The molecule has 0 spiro atoms. The predicted octanol–water partition coefficient (Wildman–Crippen LogP) is 4.26. The van der Waals surface area contributed by atoms with Gasteiger partial charge < -0.3 is 18.7 Å². The second-order valence-electron chi connectivity index (χ2n) is 6.61. The van der Waals surface area contributed by atoms with Crippen molar-refractivity contribution >= 4 is 40.9 Å². The number of furan rings is 2. The normalized spacial score (nSPS) is 14.9. The number of hydrogen-bond acceptors (Lipinski definition) is 8. The highest BCUT2D eigenvalue weighted by Gasteiger charge is 2.36. The van der Waals surface area contributed by atoms with Crippen LogP contribution >= 0.6 is 11.8 Å². The minimum absolute atomic E-state index is 0.0277. The summed E-state index contributed by atoms with van der Waals surface area (Å²) in [6.07, 6.45) is 1.44. The number of carboxylic acids is 1. The first-order valence-electron chi connectivity index (χ1n) is 9.21. The number of hydrogen-bond donors (Lipinski definition) is 1. The fraction of sp³-hybridized carbons (Fsp3) is 0.0909. The van der Waals surface area contributed by atoms with Crippen molar-refractivity contribution in [1.82, 2.24) is 4.90 Å². The molecule has 1 fully saturated rings. The Balaban J connectivity index is 1.51. The van der Waals surface area contributed by atoms with Crippen molar-refractivity contribution in [3.63, 3.8) is 0 Å². The highest BCUT2D eigenvalue weighted by atomic mass is 32.2. The minimum atomic E-state index is -1.05. The lowest BCUT2D eigenvalue weighted by Gasteiger charge is -2.09. The van der Waals surface area contributed by atoms with Gasteiger partial charge in [0.25, 0.3) is 11.1 Å². The second kappa shape index (κ2) is 8.60. The Kier molecular flexibility index (Phi) is 5.69. The van der Waals surface area contributed by atoms with Gasteiger partial charge in [-0.15, -0.1) is 0 Å². The number of carbonyl (C=O) groups is 4. The Morgan fingerprint density at radius 2 is 1.94 bits per heavy atom. The number of aromatic carboxylic acids is 1. The number of amides is 2. The first-order chi connectivity index (χ1) is 15.4. The molecular weight excluding hydrogens is 438 g/mol. The summed E-state index contributed by atoms with van der Waals surface area (Å²) in [5.41, 5.74) is 0.687. The Morgan fingerprint density at radius 1 is 1.12 bits per heavy atom. The smallest absolute Gasteiger partial charge is 0.373 e. The predicted molar refractivity (Wildman–Crippen MR) is 113 cm³/mol. The fourth-order valence-electron chi connectivity index (χ4n) is 2.99. The van der Waals surface area contributed by atoms with E-state index in [4.69, 9.17) is 13.9 Å². The Bertz CT molecular complexity index is 1270. The number of esters is 1. The third-order valence-corrected chi connectivity index (χ3v) is 5.44. The molecule has 10 heteroatoms. The largest absolute Gasteiger partial charge is 0.478 e. The van der Waals surface area contributed by atoms with Crippen molar-refractivity contribution in [3.8, 4) is 11.3 Å². The zero-order valence-corrected chi connectivity index (χ0v) is 17.4. The maximum absolute atomic E-state index is 12.7. The van der Waals surface area contributed by atoms with E-state index in [1.165, 1.54) is 37.5 Å². The third-order valence-electron chi connectivity index (χ3n) is 4.53. The van der Waals surface area contributed by atoms with E-state index in [1.54, 1.807) is 24.3 Å². The first-order valence-corrected chi connectivity index (χ1v) is 10.0. The molecule has 3 heterocycles. The van der Waals surface area contributed by atoms with Gasteiger partial charge >= 0.3 is 11.9 Å². The summed E-state index contributed by atoms with van der Waals surface area (Å²) in [5, 5.41) is 8.64. The molecule has 1 aliphatic heterocycles. The van der Waals surface area contributed by atoms with Gasteiger partial charge in [-0.25, -0.2) is 9.59 Å². The second-order valence-corrected chi connectivity index (χ2v) is 7.61. The average molecular weight is 453 g/mol. The van der Waals surface area contributed by atoms with Crippen LogP contribution in [-0.4, -0.2) is 40.2 Å². The maximum Gasteiger partial charge on any atom is 0.373 e. The molecule has 4 rings (SSSR count). The van der Waals surface area contributed by atoms with Gasteiger partial charge in [0.1, 0.15) is 17.3 Å². The highest BCUT2D eigenvalue weighted by molar-refractivity contribution is 8.18. The molecule has 1 N–H and O–H groups in total. The van der Waals surface area contributed by atoms with Gasteiger partial charge in [0.05, 0.1) is 24.1 Å². The van der Waals surface area contributed by atoms with Crippen molar-refractivity contribution < 1.29 is 37.9 Å². The van der Waals surface area contributed by atoms with Crippen LogP contribution in [0.4, 0.5) is 4.79 Å². The van der Waals surface area contributed by atoms with E-state index in [-0.39, 0.29) is 28.5 Å². The van der Waals surface area contributed by atoms with Crippen LogP contribution in [0.25, 0.3) is 17.4 Å². The number of nitrogens with zero attached hydrogens (tertiary/aromatic N) is 1. The summed E-state index contributed by atoms with van der Waals surface area (Å²) in [6, 6.07) is 12.4. The molecule has 3 aromatic rings. The van der Waals surface area contributed by atoms with E-state index in [0.717, 1.165) is 16.7 Å². The summed E-state index contributed by atoms with van der Waals surface area (Å²) in [5.74, 6) is -1.26. The molecule has 0 saturated carbocycles. The van der Waals surface area contributed by atoms with Crippen LogP contribution in [0, 0.1) is 0 Å². The molecule has 0 bridgehead atoms. The van der Waals surface area contributed by atoms with Gasteiger partial charge in [-0.1, -0.05) is 12.1 Å². The minimum Gasteiger partial charge on any atom is -0.478 e. The number of benzene rings is 1. The standard InChI is InChI=1S/C22H15NO8S/c1-29-21(27)17-8-6-15(31-17)11-23-19(24)18(32-22(23)28)10-14-5-7-16(30-14)12-3-2-4-13(9-12)20(25)26/h2-10H,11H2,1H3,(H,25,26)/b18-10-. The molecule has 1 aliphatic rings. The van der Waals surface area contributed by atoms with Crippen molar-refractivity contribution in [1.29, 1.82) is 0 Å². The van der Waals surface area contributed by atoms with Crippen LogP contribution in [0.3, 0.4) is 0 Å². The van der Waals surface area contributed by atoms with Gasteiger partial charge in [-0.3, -0.25) is 14.5 Å². The molecule has 0 unspecified atom stereocenters. The molecule has 0 aliphatic carbocycles. The fourth-order valence-corrected chi connectivity index (χ4v) is 3.80. The average Bonchev–Trinajstić information content (AvgIpc) is 3.50. The Hall–Kier alpha value is -4.05. The van der Waals surface area contributed by atoms with Crippen LogP contribution in [-0.2, 0) is 16.1 Å². The van der Waals surface area contributed by atoms with E-state index in [9.17, 15) is 19.2 Å². The number of ether oxygens (including phenoxy) is 1. The van der Waals surface area contributed by atoms with Crippen LogP contribution in [0.5, 0.6) is 0 Å². The number of thioether (sulfide) groups is 1. The molecule has 162 valence electrons. The van der Waals surface area contributed by atoms with Crippen LogP contribution in [0.1, 0.15) is 32.4 Å². The first kappa shape index (κ1) is 21.2. The van der Waals surface area contributed by atoms with Crippen molar-refractivity contribution in [2.75, 3.05) is 7.11 Å². The summed E-state index contributed by atoms with van der Waals surface area (Å²) < 4.78 is 15.6. The molecule has 2 amide bonds. The van der Waals surface area contributed by atoms with Gasteiger partial charge in [-0.05, 0) is 48.2 Å². The Morgan fingerprint density at radius 3 is 2.69 bits per heavy atom. The lowest BCUT2D eigenvalue weighted by Crippen LogP contribution is -2.27. The van der Waals surface area contributed by atoms with E-state index in [0.29, 0.717) is 17.1 Å². The van der Waals surface area contributed by atoms with Crippen LogP contribution in [0.15, 0.2) is 62.3 Å². The van der Waals surface area contributed by atoms with E-state index in [1.807, 2.05) is 0 Å².